The van der Waals surface area contributed by atoms with Gasteiger partial charge in [-0.15, -0.1) is 0 Å². The highest BCUT2D eigenvalue weighted by molar-refractivity contribution is 5.70. The molecule has 0 amide bonds. The Kier molecular flexibility index (Phi) is 34.5. The largest absolute Gasteiger partial charge is 0.452 e. The standard InChI is InChI=1S/C44H84NO5/c1-6-8-10-12-14-16-18-20-22-24-26-28-30-32-34-37-42(47)49-41(3)44(45(4,5)39-36-40-46)50-43(48)38-35-33-31-29-27-25-23-21-19-17-15-13-11-9-7-2/h20-23,41,44,46H,6-19,24-40H2,1-5H3/q+1. The van der Waals surface area contributed by atoms with Crippen molar-refractivity contribution in [1.82, 2.24) is 0 Å². The molecule has 0 spiro atoms. The van der Waals surface area contributed by atoms with Crippen LogP contribution in [-0.4, -0.2) is 61.1 Å². The van der Waals surface area contributed by atoms with Crippen molar-refractivity contribution < 1.29 is 28.7 Å². The molecule has 0 aliphatic carbocycles. The molecule has 0 saturated carbocycles. The fourth-order valence-electron chi connectivity index (χ4n) is 6.61. The van der Waals surface area contributed by atoms with Crippen LogP contribution < -0.4 is 0 Å². The monoisotopic (exact) mass is 707 g/mol. The molecule has 2 unspecified atom stereocenters. The predicted octanol–water partition coefficient (Wildman–Crippen LogP) is 12.3. The normalized spacial score (nSPS) is 13.3. The Morgan fingerprint density at radius 3 is 1.24 bits per heavy atom. The van der Waals surface area contributed by atoms with Crippen LogP contribution in [0.3, 0.4) is 0 Å². The number of ether oxygens (including phenoxy) is 2. The molecule has 294 valence electrons. The molecule has 0 rings (SSSR count). The molecule has 0 radical (unpaired) electrons. The molecule has 0 bridgehead atoms. The number of hydrogen-bond donors (Lipinski definition) is 1. The van der Waals surface area contributed by atoms with Crippen molar-refractivity contribution in [2.75, 3.05) is 27.2 Å². The summed E-state index contributed by atoms with van der Waals surface area (Å²) >= 11 is 0. The molecule has 0 aliphatic rings. The summed E-state index contributed by atoms with van der Waals surface area (Å²) in [6.07, 6.45) is 41.3. The van der Waals surface area contributed by atoms with Gasteiger partial charge in [0.15, 0.2) is 6.10 Å². The minimum Gasteiger partial charge on any atom is -0.452 e. The van der Waals surface area contributed by atoms with E-state index in [0.717, 1.165) is 51.4 Å². The second-order valence-electron chi connectivity index (χ2n) is 15.3. The summed E-state index contributed by atoms with van der Waals surface area (Å²) in [7, 11) is 3.95. The summed E-state index contributed by atoms with van der Waals surface area (Å²) in [6.45, 7) is 7.05. The van der Waals surface area contributed by atoms with Gasteiger partial charge in [-0.05, 0) is 71.1 Å². The van der Waals surface area contributed by atoms with Crippen LogP contribution in [0.2, 0.25) is 0 Å². The van der Waals surface area contributed by atoms with Gasteiger partial charge >= 0.3 is 11.9 Å². The van der Waals surface area contributed by atoms with E-state index in [1.807, 2.05) is 21.0 Å². The SMILES string of the molecule is CCCCCCCCC=CCCCCCCCC(=O)OC(C)C(OC(=O)CCCCCCCC=CCCCCCCCC)[N+](C)(C)CCCO. The van der Waals surface area contributed by atoms with Crippen molar-refractivity contribution in [2.24, 2.45) is 0 Å². The minimum atomic E-state index is -0.602. The first-order valence-electron chi connectivity index (χ1n) is 21.4. The third-order valence-corrected chi connectivity index (χ3v) is 9.84. The maximum Gasteiger partial charge on any atom is 0.310 e. The number of hydrogen-bond acceptors (Lipinski definition) is 5. The van der Waals surface area contributed by atoms with Gasteiger partial charge in [0.1, 0.15) is 0 Å². The van der Waals surface area contributed by atoms with Crippen LogP contribution in [0.1, 0.15) is 207 Å². The number of aliphatic hydroxyl groups is 1. The van der Waals surface area contributed by atoms with Crippen molar-refractivity contribution in [2.45, 2.75) is 219 Å². The molecule has 50 heavy (non-hydrogen) atoms. The highest BCUT2D eigenvalue weighted by Gasteiger charge is 2.38. The molecule has 0 aromatic heterocycles. The van der Waals surface area contributed by atoms with Gasteiger partial charge in [0.05, 0.1) is 20.6 Å². The summed E-state index contributed by atoms with van der Waals surface area (Å²) in [5.74, 6) is -0.460. The molecular formula is C44H84NO5+. The number of allylic oxidation sites excluding steroid dienone is 4. The van der Waals surface area contributed by atoms with Gasteiger partial charge < -0.3 is 14.6 Å². The number of likely N-dealkylation sites (N-methyl/N-ethyl adjacent to an activating group) is 1. The molecule has 0 heterocycles. The molecule has 2 atom stereocenters. The second-order valence-corrected chi connectivity index (χ2v) is 15.3. The lowest BCUT2D eigenvalue weighted by atomic mass is 10.1. The van der Waals surface area contributed by atoms with Crippen LogP contribution in [0.5, 0.6) is 0 Å². The first-order chi connectivity index (χ1) is 24.3. The zero-order chi connectivity index (χ0) is 37.0. The van der Waals surface area contributed by atoms with Crippen molar-refractivity contribution in [3.8, 4) is 0 Å². The highest BCUT2D eigenvalue weighted by atomic mass is 16.6. The highest BCUT2D eigenvalue weighted by Crippen LogP contribution is 2.20. The maximum absolute atomic E-state index is 12.9. The first kappa shape index (κ1) is 48.3. The van der Waals surface area contributed by atoms with E-state index in [1.165, 1.54) is 116 Å². The smallest absolute Gasteiger partial charge is 0.310 e. The van der Waals surface area contributed by atoms with Crippen LogP contribution in [0, 0.1) is 0 Å². The van der Waals surface area contributed by atoms with E-state index in [2.05, 4.69) is 38.2 Å². The molecule has 0 fully saturated rings. The lowest BCUT2D eigenvalue weighted by molar-refractivity contribution is -0.938. The summed E-state index contributed by atoms with van der Waals surface area (Å²) in [4.78, 5) is 25.6. The zero-order valence-corrected chi connectivity index (χ0v) is 33.9. The van der Waals surface area contributed by atoms with Gasteiger partial charge in [-0.25, -0.2) is 0 Å². The molecule has 1 N–H and O–H groups in total. The van der Waals surface area contributed by atoms with Crippen LogP contribution >= 0.6 is 0 Å². The molecule has 6 nitrogen and oxygen atoms in total. The van der Waals surface area contributed by atoms with Crippen LogP contribution in [-0.2, 0) is 19.1 Å². The number of carbonyl (C=O) groups is 2. The Labute approximate surface area is 310 Å². The maximum atomic E-state index is 12.9. The molecule has 0 aliphatic heterocycles. The van der Waals surface area contributed by atoms with Gasteiger partial charge in [-0.1, -0.05) is 141 Å². The van der Waals surface area contributed by atoms with Gasteiger partial charge in [0.2, 0.25) is 0 Å². The summed E-state index contributed by atoms with van der Waals surface area (Å²) in [5, 5.41) is 9.43. The van der Waals surface area contributed by atoms with Crippen molar-refractivity contribution >= 4 is 11.9 Å². The Hall–Kier alpha value is -1.66. The Balaban J connectivity index is 4.24. The Bertz CT molecular complexity index is 823. The summed E-state index contributed by atoms with van der Waals surface area (Å²) < 4.78 is 12.2. The van der Waals surface area contributed by atoms with E-state index in [4.69, 9.17) is 9.47 Å². The number of quaternary nitrogens is 1. The van der Waals surface area contributed by atoms with E-state index >= 15 is 0 Å². The lowest BCUT2D eigenvalue weighted by Crippen LogP contribution is -2.57. The van der Waals surface area contributed by atoms with E-state index in [-0.39, 0.29) is 18.5 Å². The third kappa shape index (κ3) is 31.1. The average molecular weight is 707 g/mol. The fourth-order valence-corrected chi connectivity index (χ4v) is 6.61. The van der Waals surface area contributed by atoms with Crippen molar-refractivity contribution in [3.63, 3.8) is 0 Å². The second kappa shape index (κ2) is 35.7. The number of nitrogens with zero attached hydrogens (tertiary/aromatic N) is 1. The Morgan fingerprint density at radius 2 is 0.860 bits per heavy atom. The topological polar surface area (TPSA) is 72.8 Å². The molecular weight excluding hydrogens is 622 g/mol. The number of esters is 2. The lowest BCUT2D eigenvalue weighted by Gasteiger charge is -2.39. The van der Waals surface area contributed by atoms with Crippen molar-refractivity contribution in [1.29, 1.82) is 0 Å². The van der Waals surface area contributed by atoms with Gasteiger partial charge in [0.25, 0.3) is 6.23 Å². The molecule has 0 aromatic carbocycles. The van der Waals surface area contributed by atoms with E-state index in [1.54, 1.807) is 0 Å². The number of unbranched alkanes of at least 4 members (excludes halogenated alkanes) is 22. The summed E-state index contributed by atoms with van der Waals surface area (Å²) in [6, 6.07) is 0. The van der Waals surface area contributed by atoms with E-state index in [9.17, 15) is 14.7 Å². The van der Waals surface area contributed by atoms with Gasteiger partial charge in [0, 0.05) is 25.9 Å². The van der Waals surface area contributed by atoms with E-state index < -0.39 is 12.3 Å². The van der Waals surface area contributed by atoms with Crippen LogP contribution in [0.15, 0.2) is 24.3 Å². The van der Waals surface area contributed by atoms with E-state index in [0.29, 0.717) is 30.3 Å². The predicted molar refractivity (Wildman–Crippen MR) is 213 cm³/mol. The van der Waals surface area contributed by atoms with Crippen LogP contribution in [0.25, 0.3) is 0 Å². The number of carbonyl (C=O) groups excluding carboxylic acids is 2. The summed E-state index contributed by atoms with van der Waals surface area (Å²) in [5.41, 5.74) is 0. The van der Waals surface area contributed by atoms with Gasteiger partial charge in [-0.3, -0.25) is 14.1 Å². The number of aliphatic hydroxyl groups excluding tert-OH is 1. The quantitative estimate of drug-likeness (QED) is 0.0229. The van der Waals surface area contributed by atoms with Crippen molar-refractivity contribution in [3.05, 3.63) is 24.3 Å². The average Bonchev–Trinajstić information content (AvgIpc) is 3.09. The molecule has 6 heteroatoms. The molecule has 0 saturated heterocycles. The zero-order valence-electron chi connectivity index (χ0n) is 33.9. The van der Waals surface area contributed by atoms with Crippen LogP contribution in [0.4, 0.5) is 0 Å². The van der Waals surface area contributed by atoms with Gasteiger partial charge in [-0.2, -0.15) is 0 Å². The fraction of sp³-hybridized carbons (Fsp3) is 0.864. The molecule has 0 aromatic rings. The minimum absolute atomic E-state index is 0.0703. The third-order valence-electron chi connectivity index (χ3n) is 9.84. The first-order valence-corrected chi connectivity index (χ1v) is 21.4. The number of rotatable bonds is 37. The Morgan fingerprint density at radius 1 is 0.520 bits per heavy atom.